The second-order valence-electron chi connectivity index (χ2n) is 6.27. The molecule has 0 aliphatic carbocycles. The maximum Gasteiger partial charge on any atom is 0.159 e. The molecule has 0 fully saturated rings. The number of aromatic nitrogens is 3. The van der Waals surface area contributed by atoms with Crippen molar-refractivity contribution in [3.05, 3.63) is 75.8 Å². The number of hydroxylamine groups is 2. The second-order valence-corrected chi connectivity index (χ2v) is 6.71. The van der Waals surface area contributed by atoms with Crippen LogP contribution in [0.2, 0.25) is 5.02 Å². The van der Waals surface area contributed by atoms with Gasteiger partial charge in [-0.2, -0.15) is 5.06 Å². The summed E-state index contributed by atoms with van der Waals surface area (Å²) < 4.78 is 30.7. The number of benzene rings is 2. The SMILES string of the molecule is CCN(O)Cc1nnc2n1-c1ccc(Cl)cc1C(c1c(F)cccc1F)=NC2. The van der Waals surface area contributed by atoms with E-state index in [0.29, 0.717) is 34.5 Å². The normalized spacial score (nSPS) is 13.1. The lowest BCUT2D eigenvalue weighted by atomic mass is 9.99. The van der Waals surface area contributed by atoms with Crippen molar-refractivity contribution in [1.82, 2.24) is 19.8 Å². The number of nitrogens with zero attached hydrogens (tertiary/aromatic N) is 5. The summed E-state index contributed by atoms with van der Waals surface area (Å²) >= 11 is 6.18. The first-order valence-electron chi connectivity index (χ1n) is 8.65. The lowest BCUT2D eigenvalue weighted by Crippen LogP contribution is -2.21. The summed E-state index contributed by atoms with van der Waals surface area (Å²) in [5.41, 5.74) is 0.976. The number of rotatable bonds is 4. The van der Waals surface area contributed by atoms with Gasteiger partial charge < -0.3 is 5.21 Å². The summed E-state index contributed by atoms with van der Waals surface area (Å²) in [5.74, 6) is -0.451. The van der Waals surface area contributed by atoms with Crippen LogP contribution >= 0.6 is 11.6 Å². The predicted octanol–water partition coefficient (Wildman–Crippen LogP) is 3.76. The van der Waals surface area contributed by atoms with Crippen molar-refractivity contribution in [3.63, 3.8) is 0 Å². The molecule has 1 aliphatic rings. The Balaban J connectivity index is 1.94. The Morgan fingerprint density at radius 1 is 1.18 bits per heavy atom. The summed E-state index contributed by atoms with van der Waals surface area (Å²) in [5, 5.41) is 19.7. The largest absolute Gasteiger partial charge is 0.314 e. The third kappa shape index (κ3) is 3.19. The molecule has 1 N–H and O–H groups in total. The molecule has 0 amide bonds. The van der Waals surface area contributed by atoms with Crippen molar-refractivity contribution in [3.8, 4) is 5.69 Å². The first-order valence-corrected chi connectivity index (χ1v) is 9.03. The average Bonchev–Trinajstić information content (AvgIpc) is 2.98. The van der Waals surface area contributed by atoms with Gasteiger partial charge in [-0.3, -0.25) is 9.56 Å². The third-order valence-corrected chi connectivity index (χ3v) is 4.75. The maximum absolute atomic E-state index is 14.5. The van der Waals surface area contributed by atoms with E-state index in [0.717, 1.165) is 5.06 Å². The maximum atomic E-state index is 14.5. The molecule has 2 aromatic carbocycles. The van der Waals surface area contributed by atoms with Gasteiger partial charge in [0.2, 0.25) is 0 Å². The fourth-order valence-corrected chi connectivity index (χ4v) is 3.35. The van der Waals surface area contributed by atoms with Crippen LogP contribution in [0.1, 0.15) is 29.7 Å². The average molecular weight is 404 g/mol. The van der Waals surface area contributed by atoms with E-state index in [1.54, 1.807) is 29.7 Å². The van der Waals surface area contributed by atoms with Crippen LogP contribution in [0.3, 0.4) is 0 Å². The summed E-state index contributed by atoms with van der Waals surface area (Å²) in [7, 11) is 0. The molecular weight excluding hydrogens is 388 g/mol. The van der Waals surface area contributed by atoms with Crippen molar-refractivity contribution in [1.29, 1.82) is 0 Å². The molecular formula is C19H16ClF2N5O. The minimum absolute atomic E-state index is 0.0694. The van der Waals surface area contributed by atoms with Gasteiger partial charge >= 0.3 is 0 Å². The number of aliphatic imine (C=N–C) groups is 1. The molecule has 3 aromatic rings. The van der Waals surface area contributed by atoms with Crippen LogP contribution in [0.4, 0.5) is 8.78 Å². The van der Waals surface area contributed by atoms with Crippen molar-refractivity contribution in [2.24, 2.45) is 4.99 Å². The topological polar surface area (TPSA) is 66.5 Å². The molecule has 28 heavy (non-hydrogen) atoms. The molecule has 0 spiro atoms. The van der Waals surface area contributed by atoms with Crippen LogP contribution in [-0.2, 0) is 13.1 Å². The van der Waals surface area contributed by atoms with Gasteiger partial charge in [-0.15, -0.1) is 10.2 Å². The Morgan fingerprint density at radius 2 is 1.93 bits per heavy atom. The van der Waals surface area contributed by atoms with Crippen LogP contribution in [0, 0.1) is 11.6 Å². The quantitative estimate of drug-likeness (QED) is 0.673. The predicted molar refractivity (Wildman–Crippen MR) is 99.9 cm³/mol. The number of fused-ring (bicyclic) bond motifs is 3. The number of hydrogen-bond acceptors (Lipinski definition) is 5. The first-order chi connectivity index (χ1) is 13.5. The highest BCUT2D eigenvalue weighted by molar-refractivity contribution is 6.31. The Bertz CT molecular complexity index is 1060. The van der Waals surface area contributed by atoms with Gasteiger partial charge in [0, 0.05) is 17.1 Å². The Hall–Kier alpha value is -2.68. The molecule has 0 atom stereocenters. The summed E-state index contributed by atoms with van der Waals surface area (Å²) in [6, 6.07) is 8.68. The molecule has 144 valence electrons. The van der Waals surface area contributed by atoms with Crippen molar-refractivity contribution in [2.75, 3.05) is 6.54 Å². The van der Waals surface area contributed by atoms with E-state index in [9.17, 15) is 14.0 Å². The van der Waals surface area contributed by atoms with Crippen LogP contribution in [0.5, 0.6) is 0 Å². The van der Waals surface area contributed by atoms with Crippen LogP contribution in [0.25, 0.3) is 5.69 Å². The number of hydrogen-bond donors (Lipinski definition) is 1. The van der Waals surface area contributed by atoms with Crippen molar-refractivity contribution >= 4 is 17.3 Å². The minimum atomic E-state index is -0.713. The molecule has 0 unspecified atom stereocenters. The second kappa shape index (κ2) is 7.38. The monoisotopic (exact) mass is 403 g/mol. The fourth-order valence-electron chi connectivity index (χ4n) is 3.18. The molecule has 0 saturated carbocycles. The number of halogens is 3. The molecule has 0 radical (unpaired) electrons. The molecule has 0 saturated heterocycles. The lowest BCUT2D eigenvalue weighted by molar-refractivity contribution is -0.0967. The van der Waals surface area contributed by atoms with E-state index < -0.39 is 11.6 Å². The molecule has 1 aliphatic heterocycles. The lowest BCUT2D eigenvalue weighted by Gasteiger charge is -2.16. The van der Waals surface area contributed by atoms with E-state index in [-0.39, 0.29) is 24.4 Å². The highest BCUT2D eigenvalue weighted by atomic mass is 35.5. The van der Waals surface area contributed by atoms with Gasteiger partial charge in [0.1, 0.15) is 18.2 Å². The Morgan fingerprint density at radius 3 is 2.64 bits per heavy atom. The zero-order valence-corrected chi connectivity index (χ0v) is 15.7. The standard InChI is InChI=1S/C19H16ClF2N5O/c1-2-26(28)10-17-25-24-16-9-23-19(18-13(21)4-3-5-14(18)22)12-8-11(20)6-7-15(12)27(16)17/h3-8,28H,2,9-10H2,1H3. The van der Waals surface area contributed by atoms with E-state index in [1.807, 2.05) is 0 Å². The molecule has 2 heterocycles. The zero-order chi connectivity index (χ0) is 19.8. The minimum Gasteiger partial charge on any atom is -0.314 e. The van der Waals surface area contributed by atoms with E-state index in [2.05, 4.69) is 15.2 Å². The summed E-state index contributed by atoms with van der Waals surface area (Å²) in [4.78, 5) is 4.43. The van der Waals surface area contributed by atoms with Crippen LogP contribution < -0.4 is 0 Å². The van der Waals surface area contributed by atoms with Crippen LogP contribution in [0.15, 0.2) is 41.4 Å². The van der Waals surface area contributed by atoms with Gasteiger partial charge in [-0.25, -0.2) is 8.78 Å². The smallest absolute Gasteiger partial charge is 0.159 e. The summed E-state index contributed by atoms with van der Waals surface area (Å²) in [6.45, 7) is 2.41. The zero-order valence-electron chi connectivity index (χ0n) is 14.9. The Kier molecular flexibility index (Phi) is 4.92. The molecule has 9 heteroatoms. The van der Waals surface area contributed by atoms with Gasteiger partial charge in [0.25, 0.3) is 0 Å². The fraction of sp³-hybridized carbons (Fsp3) is 0.211. The van der Waals surface area contributed by atoms with Gasteiger partial charge in [-0.05, 0) is 30.3 Å². The highest BCUT2D eigenvalue weighted by Gasteiger charge is 2.26. The highest BCUT2D eigenvalue weighted by Crippen LogP contribution is 2.30. The van der Waals surface area contributed by atoms with E-state index in [1.165, 1.54) is 18.2 Å². The van der Waals surface area contributed by atoms with Crippen LogP contribution in [-0.4, -0.2) is 37.3 Å². The molecule has 6 nitrogen and oxygen atoms in total. The van der Waals surface area contributed by atoms with E-state index >= 15 is 0 Å². The molecule has 0 bridgehead atoms. The summed E-state index contributed by atoms with van der Waals surface area (Å²) in [6.07, 6.45) is 0. The molecule has 1 aromatic heterocycles. The first kappa shape index (κ1) is 18.7. The van der Waals surface area contributed by atoms with E-state index in [4.69, 9.17) is 11.6 Å². The van der Waals surface area contributed by atoms with Crippen molar-refractivity contribution in [2.45, 2.75) is 20.0 Å². The Labute approximate surface area is 164 Å². The molecule has 4 rings (SSSR count). The third-order valence-electron chi connectivity index (χ3n) is 4.52. The van der Waals surface area contributed by atoms with Gasteiger partial charge in [0.15, 0.2) is 11.6 Å². The van der Waals surface area contributed by atoms with Crippen molar-refractivity contribution < 1.29 is 14.0 Å². The van der Waals surface area contributed by atoms with Gasteiger partial charge in [0.05, 0.1) is 23.5 Å². The van der Waals surface area contributed by atoms with Gasteiger partial charge in [-0.1, -0.05) is 24.6 Å².